The largest absolute Gasteiger partial charge is 0.494 e. The molecule has 0 saturated carbocycles. The Bertz CT molecular complexity index is 1150. The van der Waals surface area contributed by atoms with Crippen molar-refractivity contribution in [2.75, 3.05) is 12.4 Å². The van der Waals surface area contributed by atoms with Gasteiger partial charge in [0.2, 0.25) is 5.91 Å². The third kappa shape index (κ3) is 3.02. The molecule has 0 aliphatic carbocycles. The van der Waals surface area contributed by atoms with Crippen molar-refractivity contribution in [3.63, 3.8) is 0 Å². The average Bonchev–Trinajstić information content (AvgIpc) is 3.19. The maximum Gasteiger partial charge on any atom is 0.250 e. The van der Waals surface area contributed by atoms with Crippen LogP contribution in [0.1, 0.15) is 5.69 Å². The molecular formula is C18H13ClN4O2S. The summed E-state index contributed by atoms with van der Waals surface area (Å²) in [5.74, 6) is 0.372. The summed E-state index contributed by atoms with van der Waals surface area (Å²) in [5.41, 5.74) is 2.09. The Morgan fingerprint density at radius 1 is 1.27 bits per heavy atom. The molecule has 0 spiro atoms. The Morgan fingerprint density at radius 2 is 2.15 bits per heavy atom. The van der Waals surface area contributed by atoms with E-state index in [2.05, 4.69) is 15.3 Å². The molecule has 130 valence electrons. The number of fused-ring (bicyclic) bond motifs is 2. The van der Waals surface area contributed by atoms with Gasteiger partial charge in [0.05, 0.1) is 17.5 Å². The number of thiazole rings is 1. The number of hydrogen-bond acceptors (Lipinski definition) is 5. The number of nitrogens with one attached hydrogen (secondary N) is 1. The Hall–Kier alpha value is -2.90. The summed E-state index contributed by atoms with van der Waals surface area (Å²) >= 11 is 7.54. The number of hydrogen-bond donors (Lipinski definition) is 1. The van der Waals surface area contributed by atoms with Gasteiger partial charge in [0.25, 0.3) is 0 Å². The molecule has 0 aliphatic heterocycles. The van der Waals surface area contributed by atoms with Gasteiger partial charge in [-0.15, -0.1) is 0 Å². The van der Waals surface area contributed by atoms with Crippen LogP contribution in [0.25, 0.3) is 21.9 Å². The van der Waals surface area contributed by atoms with E-state index >= 15 is 0 Å². The Balaban J connectivity index is 1.57. The molecule has 0 atom stereocenters. The van der Waals surface area contributed by atoms with Crippen molar-refractivity contribution in [1.82, 2.24) is 14.4 Å². The monoisotopic (exact) mass is 384 g/mol. The first-order valence-electron chi connectivity index (χ1n) is 7.71. The van der Waals surface area contributed by atoms with E-state index in [4.69, 9.17) is 16.3 Å². The molecule has 1 N–H and O–H groups in total. The predicted octanol–water partition coefficient (Wildman–Crippen LogP) is 4.26. The summed E-state index contributed by atoms with van der Waals surface area (Å²) < 4.78 is 8.04. The van der Waals surface area contributed by atoms with E-state index in [1.807, 2.05) is 47.0 Å². The summed E-state index contributed by atoms with van der Waals surface area (Å²) in [6.45, 7) is 0. The van der Waals surface area contributed by atoms with Gasteiger partial charge in [-0.25, -0.2) is 9.97 Å². The van der Waals surface area contributed by atoms with Gasteiger partial charge in [-0.3, -0.25) is 14.5 Å². The van der Waals surface area contributed by atoms with Gasteiger partial charge >= 0.3 is 0 Å². The van der Waals surface area contributed by atoms with Crippen molar-refractivity contribution in [2.24, 2.45) is 0 Å². The number of pyridine rings is 1. The zero-order valence-corrected chi connectivity index (χ0v) is 15.2. The van der Waals surface area contributed by atoms with E-state index in [-0.39, 0.29) is 5.91 Å². The minimum absolute atomic E-state index is 0.301. The first kappa shape index (κ1) is 16.6. The number of imidazole rings is 1. The lowest BCUT2D eigenvalue weighted by molar-refractivity contribution is -0.111. The zero-order valence-electron chi connectivity index (χ0n) is 13.6. The van der Waals surface area contributed by atoms with Gasteiger partial charge in [-0.05, 0) is 30.3 Å². The van der Waals surface area contributed by atoms with Gasteiger partial charge in [0.1, 0.15) is 16.9 Å². The Labute approximate surface area is 157 Å². The number of carbonyl (C=O) groups is 1. The summed E-state index contributed by atoms with van der Waals surface area (Å²) in [4.78, 5) is 20.9. The molecule has 0 saturated heterocycles. The molecule has 0 bridgehead atoms. The minimum Gasteiger partial charge on any atom is -0.494 e. The number of ether oxygens (including phenoxy) is 1. The molecular weight excluding hydrogens is 372 g/mol. The Kier molecular flexibility index (Phi) is 4.32. The third-order valence-corrected chi connectivity index (χ3v) is 4.96. The van der Waals surface area contributed by atoms with E-state index < -0.39 is 0 Å². The highest BCUT2D eigenvalue weighted by Crippen LogP contribution is 2.32. The van der Waals surface area contributed by atoms with E-state index in [0.717, 1.165) is 15.9 Å². The van der Waals surface area contributed by atoms with Crippen LogP contribution in [-0.2, 0) is 4.79 Å². The molecule has 1 amide bonds. The molecule has 1 aromatic carbocycles. The molecule has 0 aliphatic rings. The number of nitrogens with zero attached hydrogens (tertiary/aromatic N) is 3. The van der Waals surface area contributed by atoms with Crippen LogP contribution in [0.3, 0.4) is 0 Å². The van der Waals surface area contributed by atoms with Crippen LogP contribution in [0.2, 0.25) is 5.15 Å². The van der Waals surface area contributed by atoms with Crippen molar-refractivity contribution < 1.29 is 9.53 Å². The first-order chi connectivity index (χ1) is 12.7. The number of carbonyl (C=O) groups excluding carboxylic acids is 1. The summed E-state index contributed by atoms with van der Waals surface area (Å²) in [6.07, 6.45) is 4.88. The number of methoxy groups -OCH3 is 1. The molecule has 0 unspecified atom stereocenters. The number of anilines is 1. The first-order valence-corrected chi connectivity index (χ1v) is 8.90. The van der Waals surface area contributed by atoms with Crippen molar-refractivity contribution in [3.8, 4) is 5.75 Å². The second-order valence-electron chi connectivity index (χ2n) is 5.37. The lowest BCUT2D eigenvalue weighted by atomic mass is 10.3. The van der Waals surface area contributed by atoms with E-state index in [0.29, 0.717) is 21.7 Å². The summed E-state index contributed by atoms with van der Waals surface area (Å²) in [5, 5.41) is 3.61. The molecule has 4 aromatic rings. The predicted molar refractivity (Wildman–Crippen MR) is 104 cm³/mol. The molecule has 8 heteroatoms. The number of benzene rings is 1. The number of aromatic nitrogens is 3. The lowest BCUT2D eigenvalue weighted by Crippen LogP contribution is -2.07. The van der Waals surface area contributed by atoms with Crippen molar-refractivity contribution >= 4 is 55.9 Å². The Morgan fingerprint density at radius 3 is 3.00 bits per heavy atom. The van der Waals surface area contributed by atoms with E-state index in [1.165, 1.54) is 17.4 Å². The molecule has 0 fully saturated rings. The third-order valence-electron chi connectivity index (χ3n) is 3.75. The SMILES string of the molecule is COc1cccc2sc(NC(=O)/C=C/c3c(Cl)nc4ccccn34)nc12. The standard InChI is InChI=1S/C18H13ClN4O2S/c1-25-12-5-4-6-13-16(12)22-18(26-13)21-15(24)9-8-11-17(19)20-14-7-2-3-10-23(11)14/h2-10H,1H3,(H,21,22,24)/b9-8+. The summed E-state index contributed by atoms with van der Waals surface area (Å²) in [7, 11) is 1.59. The van der Waals surface area contributed by atoms with E-state index in [1.54, 1.807) is 13.2 Å². The molecule has 3 heterocycles. The topological polar surface area (TPSA) is 68.5 Å². The van der Waals surface area contributed by atoms with Crippen molar-refractivity contribution in [3.05, 3.63) is 59.5 Å². The fourth-order valence-corrected chi connectivity index (χ4v) is 3.71. The lowest BCUT2D eigenvalue weighted by Gasteiger charge is -1.98. The van der Waals surface area contributed by atoms with Crippen LogP contribution in [0.5, 0.6) is 5.75 Å². The fourth-order valence-electron chi connectivity index (χ4n) is 2.58. The van der Waals surface area contributed by atoms with Crippen molar-refractivity contribution in [2.45, 2.75) is 0 Å². The number of para-hydroxylation sites is 1. The number of rotatable bonds is 4. The highest BCUT2D eigenvalue weighted by molar-refractivity contribution is 7.22. The maximum atomic E-state index is 12.3. The van der Waals surface area contributed by atoms with Crippen LogP contribution in [0.15, 0.2) is 48.7 Å². The fraction of sp³-hybridized carbons (Fsp3) is 0.0556. The van der Waals surface area contributed by atoms with Crippen LogP contribution < -0.4 is 10.1 Å². The second kappa shape index (κ2) is 6.78. The van der Waals surface area contributed by atoms with Gasteiger partial charge in [0.15, 0.2) is 10.3 Å². The summed E-state index contributed by atoms with van der Waals surface area (Å²) in [6, 6.07) is 11.2. The quantitative estimate of drug-likeness (QED) is 0.534. The van der Waals surface area contributed by atoms with Crippen LogP contribution in [0, 0.1) is 0 Å². The van der Waals surface area contributed by atoms with Gasteiger partial charge < -0.3 is 4.74 Å². The molecule has 4 rings (SSSR count). The second-order valence-corrected chi connectivity index (χ2v) is 6.75. The number of amides is 1. The number of halogens is 1. The highest BCUT2D eigenvalue weighted by Gasteiger charge is 2.11. The van der Waals surface area contributed by atoms with Crippen LogP contribution >= 0.6 is 22.9 Å². The highest BCUT2D eigenvalue weighted by atomic mass is 35.5. The van der Waals surface area contributed by atoms with Crippen molar-refractivity contribution in [1.29, 1.82) is 0 Å². The zero-order chi connectivity index (χ0) is 18.1. The van der Waals surface area contributed by atoms with Gasteiger partial charge in [-0.1, -0.05) is 35.1 Å². The van der Waals surface area contributed by atoms with E-state index in [9.17, 15) is 4.79 Å². The maximum absolute atomic E-state index is 12.3. The molecule has 6 nitrogen and oxygen atoms in total. The average molecular weight is 385 g/mol. The normalized spacial score (nSPS) is 11.5. The van der Waals surface area contributed by atoms with Crippen LogP contribution in [0.4, 0.5) is 5.13 Å². The minimum atomic E-state index is -0.301. The molecule has 0 radical (unpaired) electrons. The van der Waals surface area contributed by atoms with Gasteiger partial charge in [0, 0.05) is 12.3 Å². The molecule has 3 aromatic heterocycles. The smallest absolute Gasteiger partial charge is 0.250 e. The van der Waals surface area contributed by atoms with Crippen LogP contribution in [-0.4, -0.2) is 27.4 Å². The van der Waals surface area contributed by atoms with Gasteiger partial charge in [-0.2, -0.15) is 0 Å². The molecule has 26 heavy (non-hydrogen) atoms.